The zero-order valence-electron chi connectivity index (χ0n) is 12.6. The lowest BCUT2D eigenvalue weighted by Gasteiger charge is -2.19. The lowest BCUT2D eigenvalue weighted by atomic mass is 10.0. The van der Waals surface area contributed by atoms with Crippen LogP contribution in [-0.4, -0.2) is 12.3 Å². The quantitative estimate of drug-likeness (QED) is 0.655. The van der Waals surface area contributed by atoms with Crippen molar-refractivity contribution in [1.82, 2.24) is 5.32 Å². The van der Waals surface area contributed by atoms with E-state index < -0.39 is 0 Å². The molecule has 1 N–H and O–H groups in total. The fourth-order valence-corrected chi connectivity index (χ4v) is 3.52. The van der Waals surface area contributed by atoms with Gasteiger partial charge in [0.25, 0.3) is 0 Å². The maximum atomic E-state index is 3.60. The summed E-state index contributed by atoms with van der Waals surface area (Å²) in [6.45, 7) is 5.36. The van der Waals surface area contributed by atoms with Gasteiger partial charge in [-0.1, -0.05) is 54.0 Å². The Balaban J connectivity index is 2.05. The number of hydrogen-bond acceptors (Lipinski definition) is 2. The van der Waals surface area contributed by atoms with Crippen molar-refractivity contribution in [2.45, 2.75) is 31.2 Å². The smallest absolute Gasteiger partial charge is 0.0415 e. The third-order valence-corrected chi connectivity index (χ3v) is 5.08. The number of aryl methyl sites for hydroxylation is 1. The number of hydrogen-bond donors (Lipinski definition) is 1. The number of rotatable bonds is 7. The summed E-state index contributed by atoms with van der Waals surface area (Å²) in [5, 5.41) is 3.60. The highest BCUT2D eigenvalue weighted by molar-refractivity contribution is 9.10. The summed E-state index contributed by atoms with van der Waals surface area (Å²) < 4.78 is 1.13. The summed E-state index contributed by atoms with van der Waals surface area (Å²) in [4.78, 5) is 1.31. The first-order valence-electron chi connectivity index (χ1n) is 7.43. The first-order chi connectivity index (χ1) is 10.2. The van der Waals surface area contributed by atoms with E-state index in [4.69, 9.17) is 0 Å². The molecule has 0 saturated heterocycles. The SMILES string of the molecule is CCNC(CSc1ccc(Br)cc1)c1cccc(CC)c1. The van der Waals surface area contributed by atoms with Gasteiger partial charge in [0.15, 0.2) is 0 Å². The second kappa shape index (κ2) is 8.62. The van der Waals surface area contributed by atoms with Gasteiger partial charge in [-0.05, 0) is 48.4 Å². The highest BCUT2D eigenvalue weighted by Gasteiger charge is 2.11. The van der Waals surface area contributed by atoms with E-state index in [9.17, 15) is 0 Å². The van der Waals surface area contributed by atoms with Crippen molar-refractivity contribution >= 4 is 27.7 Å². The van der Waals surface area contributed by atoms with E-state index in [0.29, 0.717) is 6.04 Å². The molecule has 1 unspecified atom stereocenters. The van der Waals surface area contributed by atoms with Crippen LogP contribution in [0, 0.1) is 0 Å². The van der Waals surface area contributed by atoms with Crippen molar-refractivity contribution in [2.24, 2.45) is 0 Å². The van der Waals surface area contributed by atoms with Crippen LogP contribution in [-0.2, 0) is 6.42 Å². The fraction of sp³-hybridized carbons (Fsp3) is 0.333. The predicted molar refractivity (Wildman–Crippen MR) is 97.1 cm³/mol. The molecule has 0 radical (unpaired) electrons. The van der Waals surface area contributed by atoms with Crippen LogP contribution in [0.15, 0.2) is 57.9 Å². The number of thioether (sulfide) groups is 1. The summed E-state index contributed by atoms with van der Waals surface area (Å²) in [7, 11) is 0. The van der Waals surface area contributed by atoms with E-state index in [-0.39, 0.29) is 0 Å². The molecule has 2 rings (SSSR count). The third-order valence-electron chi connectivity index (χ3n) is 3.44. The van der Waals surface area contributed by atoms with Crippen LogP contribution in [0.5, 0.6) is 0 Å². The Morgan fingerprint density at radius 2 is 1.86 bits per heavy atom. The Bertz CT molecular complexity index is 553. The zero-order chi connectivity index (χ0) is 15.1. The summed E-state index contributed by atoms with van der Waals surface area (Å²) in [5.74, 6) is 1.04. The molecule has 0 saturated carbocycles. The van der Waals surface area contributed by atoms with Gasteiger partial charge in [0.2, 0.25) is 0 Å². The average molecular weight is 364 g/mol. The van der Waals surface area contributed by atoms with Crippen LogP contribution in [0.1, 0.15) is 31.0 Å². The van der Waals surface area contributed by atoms with Gasteiger partial charge in [-0.15, -0.1) is 11.8 Å². The molecule has 0 aliphatic carbocycles. The summed E-state index contributed by atoms with van der Waals surface area (Å²) >= 11 is 5.38. The summed E-state index contributed by atoms with van der Waals surface area (Å²) in [5.41, 5.74) is 2.80. The molecule has 112 valence electrons. The fourth-order valence-electron chi connectivity index (χ4n) is 2.26. The van der Waals surface area contributed by atoms with Gasteiger partial charge in [0, 0.05) is 21.2 Å². The summed E-state index contributed by atoms with van der Waals surface area (Å²) in [6, 6.07) is 17.9. The summed E-state index contributed by atoms with van der Waals surface area (Å²) in [6.07, 6.45) is 1.09. The number of halogens is 1. The third kappa shape index (κ3) is 5.17. The van der Waals surface area contributed by atoms with E-state index in [2.05, 4.69) is 83.6 Å². The highest BCUT2D eigenvalue weighted by Crippen LogP contribution is 2.26. The Hall–Kier alpha value is -0.770. The molecule has 1 atom stereocenters. The van der Waals surface area contributed by atoms with Crippen LogP contribution in [0.25, 0.3) is 0 Å². The molecule has 0 aromatic heterocycles. The standard InChI is InChI=1S/C18H22BrNS/c1-3-14-6-5-7-15(12-14)18(20-4-2)13-21-17-10-8-16(19)9-11-17/h5-12,18,20H,3-4,13H2,1-2H3. The molecule has 0 spiro atoms. The lowest BCUT2D eigenvalue weighted by molar-refractivity contribution is 0.605. The average Bonchev–Trinajstić information content (AvgIpc) is 2.53. The maximum Gasteiger partial charge on any atom is 0.0415 e. The predicted octanol–water partition coefficient (Wildman–Crippen LogP) is 5.45. The van der Waals surface area contributed by atoms with Gasteiger partial charge < -0.3 is 5.32 Å². The number of nitrogens with one attached hydrogen (secondary N) is 1. The molecule has 21 heavy (non-hydrogen) atoms. The molecule has 2 aromatic rings. The van der Waals surface area contributed by atoms with Crippen molar-refractivity contribution < 1.29 is 0 Å². The van der Waals surface area contributed by atoms with Gasteiger partial charge >= 0.3 is 0 Å². The minimum absolute atomic E-state index is 0.398. The van der Waals surface area contributed by atoms with Crippen molar-refractivity contribution in [3.8, 4) is 0 Å². The van der Waals surface area contributed by atoms with Crippen LogP contribution in [0.4, 0.5) is 0 Å². The molecule has 1 nitrogen and oxygen atoms in total. The topological polar surface area (TPSA) is 12.0 Å². The molecule has 0 amide bonds. The first-order valence-corrected chi connectivity index (χ1v) is 9.21. The number of benzene rings is 2. The van der Waals surface area contributed by atoms with Crippen LogP contribution in [0.3, 0.4) is 0 Å². The first kappa shape index (κ1) is 16.6. The van der Waals surface area contributed by atoms with Gasteiger partial charge in [-0.25, -0.2) is 0 Å². The van der Waals surface area contributed by atoms with Gasteiger partial charge in [0.1, 0.15) is 0 Å². The van der Waals surface area contributed by atoms with Crippen molar-refractivity contribution in [1.29, 1.82) is 0 Å². The van der Waals surface area contributed by atoms with Crippen molar-refractivity contribution in [2.75, 3.05) is 12.3 Å². The van der Waals surface area contributed by atoms with Gasteiger partial charge in [-0.3, -0.25) is 0 Å². The van der Waals surface area contributed by atoms with E-state index in [1.165, 1.54) is 16.0 Å². The van der Waals surface area contributed by atoms with E-state index in [1.807, 2.05) is 11.8 Å². The second-order valence-corrected chi connectivity index (χ2v) is 6.98. The normalized spacial score (nSPS) is 12.3. The van der Waals surface area contributed by atoms with Gasteiger partial charge in [-0.2, -0.15) is 0 Å². The molecular formula is C18H22BrNS. The molecule has 0 aliphatic rings. The minimum Gasteiger partial charge on any atom is -0.309 e. The zero-order valence-corrected chi connectivity index (χ0v) is 15.0. The largest absolute Gasteiger partial charge is 0.309 e. The Morgan fingerprint density at radius 1 is 1.10 bits per heavy atom. The lowest BCUT2D eigenvalue weighted by Crippen LogP contribution is -2.23. The molecule has 0 aliphatic heterocycles. The molecule has 2 aromatic carbocycles. The Kier molecular flexibility index (Phi) is 6.81. The molecule has 3 heteroatoms. The van der Waals surface area contributed by atoms with Gasteiger partial charge in [0.05, 0.1) is 0 Å². The monoisotopic (exact) mass is 363 g/mol. The highest BCUT2D eigenvalue weighted by atomic mass is 79.9. The van der Waals surface area contributed by atoms with Crippen LogP contribution in [0.2, 0.25) is 0 Å². The molecule has 0 heterocycles. The van der Waals surface area contributed by atoms with Crippen LogP contribution < -0.4 is 5.32 Å². The Morgan fingerprint density at radius 3 is 2.52 bits per heavy atom. The van der Waals surface area contributed by atoms with E-state index >= 15 is 0 Å². The van der Waals surface area contributed by atoms with E-state index in [0.717, 1.165) is 23.2 Å². The maximum absolute atomic E-state index is 3.60. The Labute approximate surface area is 140 Å². The molecular weight excluding hydrogens is 342 g/mol. The molecule has 0 fully saturated rings. The minimum atomic E-state index is 0.398. The van der Waals surface area contributed by atoms with E-state index in [1.54, 1.807) is 0 Å². The van der Waals surface area contributed by atoms with Crippen molar-refractivity contribution in [3.05, 3.63) is 64.1 Å². The van der Waals surface area contributed by atoms with Crippen LogP contribution >= 0.6 is 27.7 Å². The van der Waals surface area contributed by atoms with Crippen molar-refractivity contribution in [3.63, 3.8) is 0 Å². The molecule has 0 bridgehead atoms. The second-order valence-electron chi connectivity index (χ2n) is 4.97.